The van der Waals surface area contributed by atoms with Crippen LogP contribution in [-0.2, 0) is 9.53 Å². The molecule has 0 unspecified atom stereocenters. The Morgan fingerprint density at radius 1 is 1.32 bits per heavy atom. The molecule has 19 heavy (non-hydrogen) atoms. The number of nitrogens with one attached hydrogen (secondary N) is 2. The topological polar surface area (TPSA) is 87.7 Å². The lowest BCUT2D eigenvalue weighted by atomic mass is 10.3. The number of rotatable bonds is 6. The summed E-state index contributed by atoms with van der Waals surface area (Å²) in [6.45, 7) is 0.741. The number of ether oxygens (including phenoxy) is 1. The minimum absolute atomic E-state index is 0.127. The Balaban J connectivity index is 2.24. The second-order valence-electron chi connectivity index (χ2n) is 3.58. The van der Waals surface area contributed by atoms with Crippen molar-refractivity contribution in [2.75, 3.05) is 26.0 Å². The molecule has 1 rings (SSSR count). The summed E-state index contributed by atoms with van der Waals surface area (Å²) in [5.74, 6) is -0.0815. The molecule has 0 bridgehead atoms. The van der Waals surface area contributed by atoms with Crippen LogP contribution in [0.2, 0.25) is 0 Å². The number of amides is 3. The van der Waals surface area contributed by atoms with Gasteiger partial charge in [0.15, 0.2) is 0 Å². The fourth-order valence-corrected chi connectivity index (χ4v) is 1.86. The maximum Gasteiger partial charge on any atom is 0.321 e. The van der Waals surface area contributed by atoms with Crippen LogP contribution in [0.1, 0.15) is 0 Å². The lowest BCUT2D eigenvalue weighted by Crippen LogP contribution is -2.41. The van der Waals surface area contributed by atoms with Crippen LogP contribution in [0.4, 0.5) is 4.79 Å². The number of aromatic hydroxyl groups is 1. The summed E-state index contributed by atoms with van der Waals surface area (Å²) >= 11 is 1.28. The smallest absolute Gasteiger partial charge is 0.321 e. The highest BCUT2D eigenvalue weighted by molar-refractivity contribution is 8.00. The van der Waals surface area contributed by atoms with Crippen molar-refractivity contribution in [3.8, 4) is 5.75 Å². The van der Waals surface area contributed by atoms with E-state index in [-0.39, 0.29) is 17.4 Å². The van der Waals surface area contributed by atoms with Crippen molar-refractivity contribution in [3.05, 3.63) is 24.3 Å². The van der Waals surface area contributed by atoms with Gasteiger partial charge in [-0.25, -0.2) is 4.79 Å². The zero-order valence-corrected chi connectivity index (χ0v) is 11.3. The van der Waals surface area contributed by atoms with Crippen molar-refractivity contribution in [3.63, 3.8) is 0 Å². The van der Waals surface area contributed by atoms with Crippen LogP contribution in [-0.4, -0.2) is 43.1 Å². The van der Waals surface area contributed by atoms with E-state index in [1.54, 1.807) is 12.1 Å². The highest BCUT2D eigenvalue weighted by Gasteiger charge is 2.07. The van der Waals surface area contributed by atoms with Gasteiger partial charge >= 0.3 is 6.03 Å². The Labute approximate surface area is 115 Å². The summed E-state index contributed by atoms with van der Waals surface area (Å²) in [4.78, 5) is 23.5. The molecule has 3 N–H and O–H groups in total. The SMILES string of the molecule is COCCNC(=O)NC(=O)CSc1ccc(O)cc1. The van der Waals surface area contributed by atoms with Crippen molar-refractivity contribution < 1.29 is 19.4 Å². The summed E-state index contributed by atoms with van der Waals surface area (Å²) in [5, 5.41) is 13.8. The standard InChI is InChI=1S/C12H16N2O4S/c1-18-7-6-13-12(17)14-11(16)8-19-10-4-2-9(15)3-5-10/h2-5,15H,6-8H2,1H3,(H2,13,14,16,17). The number of carbonyl (C=O) groups is 2. The van der Waals surface area contributed by atoms with E-state index in [1.165, 1.54) is 31.0 Å². The molecule has 0 fully saturated rings. The second kappa shape index (κ2) is 8.39. The molecule has 1 aromatic carbocycles. The quantitative estimate of drug-likeness (QED) is 0.535. The molecule has 6 nitrogen and oxygen atoms in total. The Kier molecular flexibility index (Phi) is 6.76. The van der Waals surface area contributed by atoms with E-state index in [0.717, 1.165) is 4.90 Å². The highest BCUT2D eigenvalue weighted by Crippen LogP contribution is 2.20. The van der Waals surface area contributed by atoms with Crippen LogP contribution in [0.3, 0.4) is 0 Å². The molecule has 3 amide bonds. The van der Waals surface area contributed by atoms with E-state index in [1.807, 2.05) is 0 Å². The number of phenols is 1. The molecule has 0 saturated heterocycles. The van der Waals surface area contributed by atoms with Crippen molar-refractivity contribution in [2.24, 2.45) is 0 Å². The lowest BCUT2D eigenvalue weighted by molar-refractivity contribution is -0.117. The maximum atomic E-state index is 11.5. The number of methoxy groups -OCH3 is 1. The molecule has 7 heteroatoms. The number of hydrogen-bond donors (Lipinski definition) is 3. The summed E-state index contributed by atoms with van der Waals surface area (Å²) < 4.78 is 4.76. The van der Waals surface area contributed by atoms with Crippen molar-refractivity contribution in [1.29, 1.82) is 0 Å². The minimum Gasteiger partial charge on any atom is -0.508 e. The number of imide groups is 1. The molecule has 0 aromatic heterocycles. The van der Waals surface area contributed by atoms with Gasteiger partial charge in [-0.3, -0.25) is 10.1 Å². The third-order valence-corrected chi connectivity index (χ3v) is 3.06. The third kappa shape index (κ3) is 6.68. The van der Waals surface area contributed by atoms with Crippen LogP contribution in [0.5, 0.6) is 5.75 Å². The average molecular weight is 284 g/mol. The molecular weight excluding hydrogens is 268 g/mol. The van der Waals surface area contributed by atoms with Gasteiger partial charge in [-0.1, -0.05) is 0 Å². The first-order chi connectivity index (χ1) is 9.11. The number of phenolic OH excluding ortho intramolecular Hbond substituents is 1. The van der Waals surface area contributed by atoms with Crippen molar-refractivity contribution in [1.82, 2.24) is 10.6 Å². The fraction of sp³-hybridized carbons (Fsp3) is 0.333. The molecule has 1 aromatic rings. The molecule has 0 heterocycles. The van der Waals surface area contributed by atoms with E-state index in [0.29, 0.717) is 13.2 Å². The molecule has 0 aliphatic carbocycles. The largest absolute Gasteiger partial charge is 0.508 e. The summed E-state index contributed by atoms with van der Waals surface area (Å²) in [7, 11) is 1.53. The van der Waals surface area contributed by atoms with E-state index in [2.05, 4.69) is 10.6 Å². The van der Waals surface area contributed by atoms with E-state index in [4.69, 9.17) is 9.84 Å². The van der Waals surface area contributed by atoms with E-state index < -0.39 is 6.03 Å². The zero-order chi connectivity index (χ0) is 14.1. The van der Waals surface area contributed by atoms with Crippen LogP contribution < -0.4 is 10.6 Å². The van der Waals surface area contributed by atoms with E-state index >= 15 is 0 Å². The Morgan fingerprint density at radius 2 is 2.00 bits per heavy atom. The molecule has 0 atom stereocenters. The lowest BCUT2D eigenvalue weighted by Gasteiger charge is -2.06. The molecule has 0 spiro atoms. The van der Waals surface area contributed by atoms with Gasteiger partial charge in [-0.15, -0.1) is 11.8 Å². The predicted molar refractivity (Wildman–Crippen MR) is 72.2 cm³/mol. The van der Waals surface area contributed by atoms with Gasteiger partial charge in [0, 0.05) is 18.6 Å². The van der Waals surface area contributed by atoms with Gasteiger partial charge in [-0.05, 0) is 24.3 Å². The first-order valence-corrected chi connectivity index (χ1v) is 6.59. The molecule has 0 aliphatic heterocycles. The molecule has 0 aliphatic rings. The Hall–Kier alpha value is -1.73. The summed E-state index contributed by atoms with van der Waals surface area (Å²) in [6.07, 6.45) is 0. The molecule has 0 radical (unpaired) electrons. The van der Waals surface area contributed by atoms with Gasteiger partial charge < -0.3 is 15.2 Å². The Bertz CT molecular complexity index is 422. The summed E-state index contributed by atoms with van der Waals surface area (Å²) in [6, 6.07) is 5.95. The zero-order valence-electron chi connectivity index (χ0n) is 10.5. The van der Waals surface area contributed by atoms with Gasteiger partial charge in [-0.2, -0.15) is 0 Å². The number of benzene rings is 1. The van der Waals surface area contributed by atoms with Gasteiger partial charge in [0.05, 0.1) is 12.4 Å². The normalized spacial score (nSPS) is 9.95. The van der Waals surface area contributed by atoms with Crippen molar-refractivity contribution in [2.45, 2.75) is 4.90 Å². The fourth-order valence-electron chi connectivity index (χ4n) is 1.16. The summed E-state index contributed by atoms with van der Waals surface area (Å²) in [5.41, 5.74) is 0. The third-order valence-electron chi connectivity index (χ3n) is 2.05. The first kappa shape index (κ1) is 15.3. The molecule has 104 valence electrons. The number of carbonyl (C=O) groups excluding carboxylic acids is 2. The molecular formula is C12H16N2O4S. The Morgan fingerprint density at radius 3 is 2.63 bits per heavy atom. The maximum absolute atomic E-state index is 11.5. The van der Waals surface area contributed by atoms with Crippen molar-refractivity contribution >= 4 is 23.7 Å². The van der Waals surface area contributed by atoms with Crippen LogP contribution in [0.25, 0.3) is 0 Å². The first-order valence-electron chi connectivity index (χ1n) is 5.60. The minimum atomic E-state index is -0.534. The van der Waals surface area contributed by atoms with Crippen LogP contribution in [0, 0.1) is 0 Å². The van der Waals surface area contributed by atoms with Crippen LogP contribution >= 0.6 is 11.8 Å². The predicted octanol–water partition coefficient (Wildman–Crippen LogP) is 0.956. The monoisotopic (exact) mass is 284 g/mol. The van der Waals surface area contributed by atoms with Gasteiger partial charge in [0.25, 0.3) is 0 Å². The van der Waals surface area contributed by atoms with Crippen LogP contribution in [0.15, 0.2) is 29.2 Å². The highest BCUT2D eigenvalue weighted by atomic mass is 32.2. The second-order valence-corrected chi connectivity index (χ2v) is 4.63. The number of thioether (sulfide) groups is 1. The number of urea groups is 1. The van der Waals surface area contributed by atoms with Gasteiger partial charge in [0.1, 0.15) is 5.75 Å². The van der Waals surface area contributed by atoms with Gasteiger partial charge in [0.2, 0.25) is 5.91 Å². The molecule has 0 saturated carbocycles. The average Bonchev–Trinajstić information content (AvgIpc) is 2.38. The number of hydrogen-bond acceptors (Lipinski definition) is 5. The van der Waals surface area contributed by atoms with E-state index in [9.17, 15) is 9.59 Å².